The van der Waals surface area contributed by atoms with E-state index in [1.807, 2.05) is 25.1 Å². The minimum atomic E-state index is -0.255. The number of carbonyl (C=O) groups excluding carboxylic acids is 1. The molecule has 0 bridgehead atoms. The molecule has 4 nitrogen and oxygen atoms in total. The van der Waals surface area contributed by atoms with Crippen LogP contribution in [-0.4, -0.2) is 38.0 Å². The van der Waals surface area contributed by atoms with Crippen molar-refractivity contribution in [3.8, 4) is 0 Å². The molecular weight excluding hydrogens is 352 g/mol. The van der Waals surface area contributed by atoms with E-state index in [0.717, 1.165) is 24.8 Å². The van der Waals surface area contributed by atoms with Crippen molar-refractivity contribution in [2.24, 2.45) is 17.6 Å². The maximum Gasteiger partial charge on any atom is 0.223 e. The van der Waals surface area contributed by atoms with E-state index in [1.165, 1.54) is 12.1 Å². The second-order valence-electron chi connectivity index (χ2n) is 6.31. The molecule has 0 saturated heterocycles. The molecule has 0 aromatic heterocycles. The second-order valence-corrected chi connectivity index (χ2v) is 6.31. The molecule has 1 aromatic carbocycles. The van der Waals surface area contributed by atoms with Crippen LogP contribution in [0.5, 0.6) is 0 Å². The molecule has 1 aliphatic rings. The highest BCUT2D eigenvalue weighted by Gasteiger charge is 2.32. The smallest absolute Gasteiger partial charge is 0.223 e. The molecule has 1 saturated carbocycles. The van der Waals surface area contributed by atoms with Gasteiger partial charge in [0, 0.05) is 12.5 Å². The highest BCUT2D eigenvalue weighted by Crippen LogP contribution is 2.31. The van der Waals surface area contributed by atoms with E-state index in [4.69, 9.17) is 5.73 Å². The summed E-state index contributed by atoms with van der Waals surface area (Å²) in [5.41, 5.74) is 6.61. The predicted octanol–water partition coefficient (Wildman–Crippen LogP) is 2.76. The first-order valence-corrected chi connectivity index (χ1v) is 7.92. The largest absolute Gasteiger partial charge is 0.354 e. The van der Waals surface area contributed by atoms with Crippen molar-refractivity contribution in [3.63, 3.8) is 0 Å². The maximum atomic E-state index is 13.4. The molecule has 3 atom stereocenters. The molecule has 1 fully saturated rings. The van der Waals surface area contributed by atoms with Crippen molar-refractivity contribution in [1.82, 2.24) is 10.2 Å². The lowest BCUT2D eigenvalue weighted by atomic mass is 9.95. The summed E-state index contributed by atoms with van der Waals surface area (Å²) in [6.45, 7) is 1.04. The van der Waals surface area contributed by atoms with Crippen molar-refractivity contribution in [1.29, 1.82) is 0 Å². The van der Waals surface area contributed by atoms with Crippen molar-refractivity contribution < 1.29 is 9.18 Å². The minimum Gasteiger partial charge on any atom is -0.354 e. The Bertz CT molecular complexity index is 516. The number of nitrogens with zero attached hydrogens (tertiary/aromatic N) is 1. The van der Waals surface area contributed by atoms with Gasteiger partial charge in [0.05, 0.1) is 6.04 Å². The van der Waals surface area contributed by atoms with E-state index < -0.39 is 0 Å². The van der Waals surface area contributed by atoms with Gasteiger partial charge in [-0.3, -0.25) is 4.79 Å². The first-order chi connectivity index (χ1) is 10.5. The lowest BCUT2D eigenvalue weighted by Crippen LogP contribution is -2.39. The molecule has 0 aliphatic heterocycles. The van der Waals surface area contributed by atoms with E-state index >= 15 is 0 Å². The zero-order valence-electron chi connectivity index (χ0n) is 14.2. The van der Waals surface area contributed by atoms with Crippen molar-refractivity contribution in [2.45, 2.75) is 25.3 Å². The highest BCUT2D eigenvalue weighted by atomic mass is 35.5. The molecule has 1 unspecified atom stereocenters. The topological polar surface area (TPSA) is 58.4 Å². The van der Waals surface area contributed by atoms with Gasteiger partial charge in [-0.1, -0.05) is 18.6 Å². The van der Waals surface area contributed by atoms with Crippen LogP contribution in [0.25, 0.3) is 0 Å². The van der Waals surface area contributed by atoms with Crippen molar-refractivity contribution in [3.05, 3.63) is 35.6 Å². The van der Waals surface area contributed by atoms with Gasteiger partial charge in [0.2, 0.25) is 5.91 Å². The van der Waals surface area contributed by atoms with E-state index in [2.05, 4.69) is 5.32 Å². The fraction of sp³-hybridized carbons (Fsp3) is 0.588. The Morgan fingerprint density at radius 1 is 1.38 bits per heavy atom. The van der Waals surface area contributed by atoms with Crippen molar-refractivity contribution >= 4 is 30.7 Å². The van der Waals surface area contributed by atoms with Gasteiger partial charge in [0.25, 0.3) is 0 Å². The first kappa shape index (κ1) is 23.1. The van der Waals surface area contributed by atoms with Crippen molar-refractivity contribution in [2.75, 3.05) is 27.2 Å². The number of carbonyl (C=O) groups is 1. The molecule has 1 aliphatic carbocycles. The van der Waals surface area contributed by atoms with Gasteiger partial charge >= 0.3 is 0 Å². The Kier molecular flexibility index (Phi) is 10.5. The third-order valence-electron chi connectivity index (χ3n) is 4.63. The Labute approximate surface area is 156 Å². The summed E-state index contributed by atoms with van der Waals surface area (Å²) in [4.78, 5) is 14.4. The van der Waals surface area contributed by atoms with Gasteiger partial charge in [-0.25, -0.2) is 4.39 Å². The van der Waals surface area contributed by atoms with Crippen LogP contribution in [-0.2, 0) is 4.79 Å². The number of halogens is 3. The number of hydrogen-bond donors (Lipinski definition) is 2. The van der Waals surface area contributed by atoms with Crippen LogP contribution < -0.4 is 11.1 Å². The molecule has 0 radical (unpaired) electrons. The molecule has 3 N–H and O–H groups in total. The van der Waals surface area contributed by atoms with Gasteiger partial charge in [-0.2, -0.15) is 0 Å². The van der Waals surface area contributed by atoms with Gasteiger partial charge in [-0.05, 0) is 57.1 Å². The van der Waals surface area contributed by atoms with Crippen LogP contribution in [0, 0.1) is 17.7 Å². The molecule has 0 heterocycles. The fourth-order valence-electron chi connectivity index (χ4n) is 3.30. The van der Waals surface area contributed by atoms with Gasteiger partial charge < -0.3 is 16.0 Å². The average molecular weight is 380 g/mol. The second kappa shape index (κ2) is 10.9. The van der Waals surface area contributed by atoms with Gasteiger partial charge in [-0.15, -0.1) is 24.8 Å². The summed E-state index contributed by atoms with van der Waals surface area (Å²) in [5.74, 6) is 0.151. The lowest BCUT2D eigenvalue weighted by Gasteiger charge is -2.26. The Morgan fingerprint density at radius 3 is 2.67 bits per heavy atom. The third-order valence-corrected chi connectivity index (χ3v) is 4.63. The van der Waals surface area contributed by atoms with Crippen LogP contribution in [0.3, 0.4) is 0 Å². The third kappa shape index (κ3) is 5.88. The van der Waals surface area contributed by atoms with Crippen LogP contribution in [0.4, 0.5) is 4.39 Å². The summed E-state index contributed by atoms with van der Waals surface area (Å²) in [6.07, 6.45) is 3.02. The molecule has 0 spiro atoms. The number of nitrogens with one attached hydrogen (secondary N) is 1. The van der Waals surface area contributed by atoms with E-state index in [9.17, 15) is 9.18 Å². The summed E-state index contributed by atoms with van der Waals surface area (Å²) >= 11 is 0. The monoisotopic (exact) mass is 379 g/mol. The number of rotatable bonds is 6. The van der Waals surface area contributed by atoms with E-state index in [0.29, 0.717) is 19.0 Å². The van der Waals surface area contributed by atoms with Gasteiger partial charge in [0.15, 0.2) is 0 Å². The zero-order chi connectivity index (χ0) is 16.1. The van der Waals surface area contributed by atoms with Crippen LogP contribution in [0.15, 0.2) is 24.3 Å². The van der Waals surface area contributed by atoms with E-state index in [-0.39, 0.29) is 48.5 Å². The number of hydrogen-bond acceptors (Lipinski definition) is 3. The number of amides is 1. The molecule has 138 valence electrons. The Morgan fingerprint density at radius 2 is 2.08 bits per heavy atom. The predicted molar refractivity (Wildman–Crippen MR) is 100 cm³/mol. The van der Waals surface area contributed by atoms with Crippen LogP contribution >= 0.6 is 24.8 Å². The summed E-state index contributed by atoms with van der Waals surface area (Å²) in [5, 5.41) is 3.03. The fourth-order valence-corrected chi connectivity index (χ4v) is 3.30. The molecule has 1 amide bonds. The summed E-state index contributed by atoms with van der Waals surface area (Å²) < 4.78 is 13.4. The highest BCUT2D eigenvalue weighted by molar-refractivity contribution is 5.85. The number of nitrogens with two attached hydrogens (primary N) is 1. The summed E-state index contributed by atoms with van der Waals surface area (Å²) in [6, 6.07) is 6.49. The zero-order valence-corrected chi connectivity index (χ0v) is 15.8. The molecular formula is C17H28Cl2FN3O. The maximum absolute atomic E-state index is 13.4. The average Bonchev–Trinajstić information content (AvgIpc) is 2.95. The lowest BCUT2D eigenvalue weighted by molar-refractivity contribution is -0.126. The molecule has 2 rings (SSSR count). The minimum absolute atomic E-state index is 0. The van der Waals surface area contributed by atoms with E-state index in [1.54, 1.807) is 6.07 Å². The number of benzene rings is 1. The molecule has 1 aromatic rings. The summed E-state index contributed by atoms with van der Waals surface area (Å²) in [7, 11) is 3.86. The quantitative estimate of drug-likeness (QED) is 0.798. The molecule has 7 heteroatoms. The van der Waals surface area contributed by atoms with Crippen LogP contribution in [0.1, 0.15) is 30.9 Å². The normalized spacial score (nSPS) is 20.9. The standard InChI is InChI=1S/C17H26FN3O.2ClH/c1-21(2)16(12-5-3-7-14(18)9-12)11-20-17(22)15-8-4-6-13(15)10-19;;/h3,5,7,9,13,15-16H,4,6,8,10-11,19H2,1-2H3,(H,20,22);2*1H/t13-,15-,16?;;/m1../s1. The SMILES string of the molecule is CN(C)C(CNC(=O)[C@@H]1CCC[C@@H]1CN)c1cccc(F)c1.Cl.Cl. The van der Waals surface area contributed by atoms with Crippen LogP contribution in [0.2, 0.25) is 0 Å². The Balaban J connectivity index is 0.00000264. The Hall–Kier alpha value is -0.880. The molecule has 24 heavy (non-hydrogen) atoms. The van der Waals surface area contributed by atoms with Gasteiger partial charge in [0.1, 0.15) is 5.82 Å². The number of likely N-dealkylation sites (N-methyl/N-ethyl adjacent to an activating group) is 1. The first-order valence-electron chi connectivity index (χ1n) is 7.92.